The molecule has 0 spiro atoms. The highest BCUT2D eigenvalue weighted by Gasteiger charge is 2.27. The van der Waals surface area contributed by atoms with Crippen molar-refractivity contribution < 1.29 is 4.79 Å². The summed E-state index contributed by atoms with van der Waals surface area (Å²) in [5.74, 6) is 0.550. The molecule has 1 amide bonds. The molecule has 3 rings (SSSR count). The van der Waals surface area contributed by atoms with Gasteiger partial charge in [-0.3, -0.25) is 4.79 Å². The van der Waals surface area contributed by atoms with Gasteiger partial charge in [0.1, 0.15) is 0 Å². The van der Waals surface area contributed by atoms with Gasteiger partial charge in [-0.2, -0.15) is 0 Å². The number of hydrogen-bond acceptors (Lipinski definition) is 2. The van der Waals surface area contributed by atoms with Crippen LogP contribution in [0.3, 0.4) is 0 Å². The zero-order chi connectivity index (χ0) is 13.9. The lowest BCUT2D eigenvalue weighted by molar-refractivity contribution is -0.123. The van der Waals surface area contributed by atoms with Crippen molar-refractivity contribution in [2.24, 2.45) is 11.7 Å². The van der Waals surface area contributed by atoms with Gasteiger partial charge in [-0.15, -0.1) is 0 Å². The molecule has 0 heterocycles. The number of aryl methyl sites for hydroxylation is 1. The first-order chi connectivity index (χ1) is 9.74. The number of hydrogen-bond donors (Lipinski definition) is 2. The Morgan fingerprint density at radius 3 is 2.85 bits per heavy atom. The molecular formula is C17H24N2O. The molecular weight excluding hydrogens is 248 g/mol. The number of nitrogens with two attached hydrogens (primary N) is 1. The van der Waals surface area contributed by atoms with E-state index in [-0.39, 0.29) is 18.0 Å². The lowest BCUT2D eigenvalue weighted by Gasteiger charge is -2.28. The lowest BCUT2D eigenvalue weighted by atomic mass is 9.83. The van der Waals surface area contributed by atoms with Crippen molar-refractivity contribution in [2.75, 3.05) is 0 Å². The van der Waals surface area contributed by atoms with Crippen molar-refractivity contribution in [3.8, 4) is 0 Å². The highest BCUT2D eigenvalue weighted by atomic mass is 16.1. The summed E-state index contributed by atoms with van der Waals surface area (Å²) in [5, 5.41) is 3.21. The van der Waals surface area contributed by atoms with Gasteiger partial charge < -0.3 is 11.1 Å². The zero-order valence-electron chi connectivity index (χ0n) is 12.0. The highest BCUT2D eigenvalue weighted by molar-refractivity contribution is 5.77. The summed E-state index contributed by atoms with van der Waals surface area (Å²) < 4.78 is 0. The molecule has 3 heteroatoms. The summed E-state index contributed by atoms with van der Waals surface area (Å²) in [6.45, 7) is 0. The summed E-state index contributed by atoms with van der Waals surface area (Å²) in [5.41, 5.74) is 8.81. The van der Waals surface area contributed by atoms with Crippen LogP contribution in [0.25, 0.3) is 0 Å². The van der Waals surface area contributed by atoms with E-state index >= 15 is 0 Å². The first-order valence-corrected chi connectivity index (χ1v) is 7.87. The largest absolute Gasteiger partial charge is 0.349 e. The number of rotatable bonds is 3. The Kier molecular flexibility index (Phi) is 4.06. The quantitative estimate of drug-likeness (QED) is 0.889. The lowest BCUT2D eigenvalue weighted by Crippen LogP contribution is -2.37. The van der Waals surface area contributed by atoms with Gasteiger partial charge in [0.25, 0.3) is 0 Å². The molecule has 1 saturated carbocycles. The van der Waals surface area contributed by atoms with Crippen LogP contribution < -0.4 is 11.1 Å². The van der Waals surface area contributed by atoms with Crippen LogP contribution in [0.15, 0.2) is 24.3 Å². The number of benzene rings is 1. The summed E-state index contributed by atoms with van der Waals surface area (Å²) >= 11 is 0. The number of fused-ring (bicyclic) bond motifs is 1. The maximum absolute atomic E-state index is 12.3. The third-order valence-electron chi connectivity index (χ3n) is 4.88. The smallest absolute Gasteiger partial charge is 0.220 e. The molecule has 108 valence electrons. The third-order valence-corrected chi connectivity index (χ3v) is 4.88. The minimum absolute atomic E-state index is 0.175. The van der Waals surface area contributed by atoms with Gasteiger partial charge in [0, 0.05) is 12.5 Å². The second kappa shape index (κ2) is 5.96. The maximum Gasteiger partial charge on any atom is 0.220 e. The molecule has 0 aliphatic heterocycles. The molecule has 1 fully saturated rings. The molecule has 3 unspecified atom stereocenters. The predicted molar refractivity (Wildman–Crippen MR) is 80.2 cm³/mol. The van der Waals surface area contributed by atoms with Gasteiger partial charge in [0.05, 0.1) is 6.04 Å². The second-order valence-electron chi connectivity index (χ2n) is 6.27. The van der Waals surface area contributed by atoms with Crippen molar-refractivity contribution in [3.63, 3.8) is 0 Å². The SMILES string of the molecule is NC1CCCCC1CC(=O)NC1CCc2ccccc21. The predicted octanol–water partition coefficient (Wildman–Crippen LogP) is 2.70. The molecule has 1 aromatic rings. The van der Waals surface area contributed by atoms with E-state index in [9.17, 15) is 4.79 Å². The number of amides is 1. The van der Waals surface area contributed by atoms with Crippen molar-refractivity contribution in [1.82, 2.24) is 5.32 Å². The molecule has 0 aromatic heterocycles. The average molecular weight is 272 g/mol. The first-order valence-electron chi connectivity index (χ1n) is 7.87. The van der Waals surface area contributed by atoms with Crippen LogP contribution in [0, 0.1) is 5.92 Å². The van der Waals surface area contributed by atoms with E-state index < -0.39 is 0 Å². The van der Waals surface area contributed by atoms with E-state index in [1.807, 2.05) is 0 Å². The van der Waals surface area contributed by atoms with Crippen LogP contribution in [0.4, 0.5) is 0 Å². The molecule has 2 aliphatic carbocycles. The second-order valence-corrected chi connectivity index (χ2v) is 6.27. The maximum atomic E-state index is 12.3. The molecule has 20 heavy (non-hydrogen) atoms. The molecule has 0 bridgehead atoms. The Balaban J connectivity index is 1.57. The fourth-order valence-corrected chi connectivity index (χ4v) is 3.69. The summed E-state index contributed by atoms with van der Waals surface area (Å²) in [6.07, 6.45) is 7.32. The van der Waals surface area contributed by atoms with Crippen LogP contribution in [-0.4, -0.2) is 11.9 Å². The minimum atomic E-state index is 0.175. The summed E-state index contributed by atoms with van der Waals surface area (Å²) in [7, 11) is 0. The van der Waals surface area contributed by atoms with Gasteiger partial charge in [0.2, 0.25) is 5.91 Å². The van der Waals surface area contributed by atoms with Crippen molar-refractivity contribution in [3.05, 3.63) is 35.4 Å². The van der Waals surface area contributed by atoms with E-state index in [2.05, 4.69) is 29.6 Å². The van der Waals surface area contributed by atoms with Crippen LogP contribution in [-0.2, 0) is 11.2 Å². The molecule has 3 N–H and O–H groups in total. The van der Waals surface area contributed by atoms with Crippen molar-refractivity contribution in [2.45, 2.75) is 57.0 Å². The molecule has 0 saturated heterocycles. The zero-order valence-corrected chi connectivity index (χ0v) is 12.0. The third kappa shape index (κ3) is 2.88. The van der Waals surface area contributed by atoms with E-state index in [0.717, 1.165) is 25.7 Å². The van der Waals surface area contributed by atoms with E-state index in [1.165, 1.54) is 24.0 Å². The minimum Gasteiger partial charge on any atom is -0.349 e. The van der Waals surface area contributed by atoms with Crippen LogP contribution in [0.1, 0.15) is 55.7 Å². The van der Waals surface area contributed by atoms with Gasteiger partial charge in [-0.25, -0.2) is 0 Å². The fraction of sp³-hybridized carbons (Fsp3) is 0.588. The van der Waals surface area contributed by atoms with E-state index in [1.54, 1.807) is 0 Å². The fourth-order valence-electron chi connectivity index (χ4n) is 3.69. The Labute approximate surface area is 120 Å². The van der Waals surface area contributed by atoms with E-state index in [0.29, 0.717) is 12.3 Å². The van der Waals surface area contributed by atoms with Crippen LogP contribution >= 0.6 is 0 Å². The number of carbonyl (C=O) groups is 1. The van der Waals surface area contributed by atoms with E-state index in [4.69, 9.17) is 5.73 Å². The highest BCUT2D eigenvalue weighted by Crippen LogP contribution is 2.31. The molecule has 3 atom stereocenters. The normalized spacial score (nSPS) is 28.9. The summed E-state index contributed by atoms with van der Waals surface area (Å²) in [6, 6.07) is 8.85. The Morgan fingerprint density at radius 2 is 2.00 bits per heavy atom. The van der Waals surface area contributed by atoms with Gasteiger partial charge in [-0.1, -0.05) is 37.1 Å². The van der Waals surface area contributed by atoms with Gasteiger partial charge >= 0.3 is 0 Å². The first kappa shape index (κ1) is 13.6. The Bertz CT molecular complexity index is 486. The van der Waals surface area contributed by atoms with Crippen molar-refractivity contribution in [1.29, 1.82) is 0 Å². The van der Waals surface area contributed by atoms with Crippen molar-refractivity contribution >= 4 is 5.91 Å². The van der Waals surface area contributed by atoms with Crippen LogP contribution in [0.5, 0.6) is 0 Å². The topological polar surface area (TPSA) is 55.1 Å². The number of nitrogens with one attached hydrogen (secondary N) is 1. The Morgan fingerprint density at radius 1 is 1.20 bits per heavy atom. The number of carbonyl (C=O) groups excluding carboxylic acids is 1. The molecule has 1 aromatic carbocycles. The average Bonchev–Trinajstić information content (AvgIpc) is 2.85. The van der Waals surface area contributed by atoms with Gasteiger partial charge in [0.15, 0.2) is 0 Å². The molecule has 2 aliphatic rings. The molecule has 0 radical (unpaired) electrons. The summed E-state index contributed by atoms with van der Waals surface area (Å²) in [4.78, 5) is 12.3. The van der Waals surface area contributed by atoms with Crippen LogP contribution in [0.2, 0.25) is 0 Å². The molecule has 3 nitrogen and oxygen atoms in total. The monoisotopic (exact) mass is 272 g/mol. The Hall–Kier alpha value is -1.35. The van der Waals surface area contributed by atoms with Gasteiger partial charge in [-0.05, 0) is 42.7 Å². The standard InChI is InChI=1S/C17H24N2O/c18-15-8-4-2-6-13(15)11-17(20)19-16-10-9-12-5-1-3-7-14(12)16/h1,3,5,7,13,15-16H,2,4,6,8-11,18H2,(H,19,20).